The average molecular weight is 516 g/mol. The van der Waals surface area contributed by atoms with Gasteiger partial charge in [-0.1, -0.05) is 45.0 Å². The first kappa shape index (κ1) is 24.8. The molecule has 1 unspecified atom stereocenters. The molecule has 0 saturated heterocycles. The van der Waals surface area contributed by atoms with Crippen LogP contribution in [0.1, 0.15) is 54.8 Å². The van der Waals surface area contributed by atoms with Crippen LogP contribution < -0.4 is 10.6 Å². The van der Waals surface area contributed by atoms with Gasteiger partial charge in [0.15, 0.2) is 5.96 Å². The zero-order valence-corrected chi connectivity index (χ0v) is 20.6. The van der Waals surface area contributed by atoms with Crippen molar-refractivity contribution in [3.8, 4) is 0 Å². The van der Waals surface area contributed by atoms with Gasteiger partial charge in [-0.2, -0.15) is 0 Å². The molecule has 7 heteroatoms. The van der Waals surface area contributed by atoms with Crippen LogP contribution in [-0.4, -0.2) is 35.7 Å². The van der Waals surface area contributed by atoms with Crippen molar-refractivity contribution >= 4 is 41.3 Å². The standard InChI is InChI=1S/C21H32N4OS.HI/c1-6-22-20(23-12-11-19-24-13-15(2)27-19)25-14-18(26)16-7-9-17(10-8-16)21(3,4)5;/h7-10,13,18,26H,6,11-12,14H2,1-5H3,(H2,22,23,25);1H. The summed E-state index contributed by atoms with van der Waals surface area (Å²) >= 11 is 1.72. The molecule has 5 nitrogen and oxygen atoms in total. The van der Waals surface area contributed by atoms with E-state index in [2.05, 4.69) is 60.4 Å². The molecule has 3 N–H and O–H groups in total. The number of hydrogen-bond donors (Lipinski definition) is 3. The van der Waals surface area contributed by atoms with Gasteiger partial charge in [-0.15, -0.1) is 35.3 Å². The molecule has 2 aromatic rings. The van der Waals surface area contributed by atoms with Crippen LogP contribution in [0, 0.1) is 6.92 Å². The molecule has 0 fully saturated rings. The van der Waals surface area contributed by atoms with Gasteiger partial charge in [0.05, 0.1) is 17.7 Å². The van der Waals surface area contributed by atoms with E-state index < -0.39 is 6.10 Å². The number of rotatable bonds is 7. The molecular weight excluding hydrogens is 483 g/mol. The molecule has 1 heterocycles. The van der Waals surface area contributed by atoms with Crippen molar-refractivity contribution in [2.75, 3.05) is 19.6 Å². The van der Waals surface area contributed by atoms with Crippen LogP contribution in [0.4, 0.5) is 0 Å². The van der Waals surface area contributed by atoms with E-state index in [0.717, 1.165) is 36.0 Å². The molecule has 2 rings (SSSR count). The summed E-state index contributed by atoms with van der Waals surface area (Å²) in [7, 11) is 0. The summed E-state index contributed by atoms with van der Waals surface area (Å²) < 4.78 is 0. The van der Waals surface area contributed by atoms with E-state index in [1.807, 2.05) is 25.3 Å². The van der Waals surface area contributed by atoms with Crippen molar-refractivity contribution in [3.63, 3.8) is 0 Å². The molecule has 0 spiro atoms. The largest absolute Gasteiger partial charge is 0.386 e. The summed E-state index contributed by atoms with van der Waals surface area (Å²) in [5.41, 5.74) is 2.26. The highest BCUT2D eigenvalue weighted by Crippen LogP contribution is 2.24. The lowest BCUT2D eigenvalue weighted by molar-refractivity contribution is 0.187. The summed E-state index contributed by atoms with van der Waals surface area (Å²) in [5.74, 6) is 0.719. The Morgan fingerprint density at radius 3 is 2.43 bits per heavy atom. The molecule has 1 aromatic carbocycles. The van der Waals surface area contributed by atoms with Gasteiger partial charge in [-0.3, -0.25) is 4.99 Å². The van der Waals surface area contributed by atoms with E-state index in [0.29, 0.717) is 6.54 Å². The average Bonchev–Trinajstić information content (AvgIpc) is 3.04. The summed E-state index contributed by atoms with van der Waals surface area (Å²) in [4.78, 5) is 10.1. The second kappa shape index (κ2) is 11.7. The van der Waals surface area contributed by atoms with E-state index in [4.69, 9.17) is 0 Å². The van der Waals surface area contributed by atoms with Gasteiger partial charge >= 0.3 is 0 Å². The smallest absolute Gasteiger partial charge is 0.191 e. The minimum absolute atomic E-state index is 0. The number of thiazole rings is 1. The highest BCUT2D eigenvalue weighted by atomic mass is 127. The number of nitrogens with one attached hydrogen (secondary N) is 2. The number of aryl methyl sites for hydroxylation is 1. The minimum atomic E-state index is -0.615. The number of guanidine groups is 1. The van der Waals surface area contributed by atoms with Crippen molar-refractivity contribution in [3.05, 3.63) is 51.5 Å². The number of aliphatic imine (C=N–C) groups is 1. The van der Waals surface area contributed by atoms with E-state index in [1.165, 1.54) is 10.4 Å². The fourth-order valence-electron chi connectivity index (χ4n) is 2.64. The zero-order valence-electron chi connectivity index (χ0n) is 17.5. The highest BCUT2D eigenvalue weighted by Gasteiger charge is 2.14. The normalized spacial score (nSPS) is 13.0. The third kappa shape index (κ3) is 8.05. The number of aromatic nitrogens is 1. The summed E-state index contributed by atoms with van der Waals surface area (Å²) in [6.07, 6.45) is 2.15. The Morgan fingerprint density at radius 1 is 1.21 bits per heavy atom. The monoisotopic (exact) mass is 516 g/mol. The summed E-state index contributed by atoms with van der Waals surface area (Å²) in [6.45, 7) is 12.5. The van der Waals surface area contributed by atoms with Crippen LogP contribution in [0.15, 0.2) is 35.5 Å². The van der Waals surface area contributed by atoms with E-state index in [-0.39, 0.29) is 29.4 Å². The topological polar surface area (TPSA) is 69.5 Å². The van der Waals surface area contributed by atoms with Crippen LogP contribution in [-0.2, 0) is 11.8 Å². The van der Waals surface area contributed by atoms with E-state index in [1.54, 1.807) is 11.3 Å². The van der Waals surface area contributed by atoms with Crippen molar-refractivity contribution in [1.29, 1.82) is 0 Å². The molecule has 0 aliphatic heterocycles. The Morgan fingerprint density at radius 2 is 1.89 bits per heavy atom. The van der Waals surface area contributed by atoms with Gasteiger partial charge in [-0.05, 0) is 30.4 Å². The molecule has 0 aliphatic rings. The van der Waals surface area contributed by atoms with Gasteiger partial charge in [-0.25, -0.2) is 4.98 Å². The number of aliphatic hydroxyl groups is 1. The van der Waals surface area contributed by atoms with E-state index in [9.17, 15) is 5.11 Å². The van der Waals surface area contributed by atoms with Gasteiger partial charge in [0.1, 0.15) is 0 Å². The van der Waals surface area contributed by atoms with Crippen molar-refractivity contribution in [2.45, 2.75) is 52.6 Å². The Kier molecular flexibility index (Phi) is 10.4. The highest BCUT2D eigenvalue weighted by molar-refractivity contribution is 14.0. The van der Waals surface area contributed by atoms with Gasteiger partial charge in [0, 0.05) is 30.6 Å². The maximum absolute atomic E-state index is 10.5. The first-order valence-electron chi connectivity index (χ1n) is 9.51. The number of halogens is 1. The number of hydrogen-bond acceptors (Lipinski definition) is 4. The number of nitrogens with zero attached hydrogens (tertiary/aromatic N) is 2. The molecule has 1 atom stereocenters. The Labute approximate surface area is 190 Å². The lowest BCUT2D eigenvalue weighted by Gasteiger charge is -2.20. The third-order valence-electron chi connectivity index (χ3n) is 4.23. The molecule has 1 aromatic heterocycles. The molecule has 156 valence electrons. The van der Waals surface area contributed by atoms with Gasteiger partial charge in [0.2, 0.25) is 0 Å². The third-order valence-corrected chi connectivity index (χ3v) is 5.20. The van der Waals surface area contributed by atoms with Crippen LogP contribution in [0.2, 0.25) is 0 Å². The lowest BCUT2D eigenvalue weighted by atomic mass is 9.86. The predicted octanol–water partition coefficient (Wildman–Crippen LogP) is 4.20. The van der Waals surface area contributed by atoms with Gasteiger partial charge in [0.25, 0.3) is 0 Å². The molecular formula is C21H33IN4OS. The van der Waals surface area contributed by atoms with Crippen molar-refractivity contribution in [2.24, 2.45) is 4.99 Å². The lowest BCUT2D eigenvalue weighted by Crippen LogP contribution is -2.38. The Balaban J connectivity index is 0.00000392. The first-order chi connectivity index (χ1) is 12.8. The molecule has 0 saturated carbocycles. The van der Waals surface area contributed by atoms with Crippen molar-refractivity contribution < 1.29 is 5.11 Å². The van der Waals surface area contributed by atoms with Gasteiger partial charge < -0.3 is 15.7 Å². The van der Waals surface area contributed by atoms with Crippen LogP contribution >= 0.6 is 35.3 Å². The SMILES string of the molecule is CCNC(=NCC(O)c1ccc(C(C)(C)C)cc1)NCCc1ncc(C)s1.I. The predicted molar refractivity (Wildman–Crippen MR) is 130 cm³/mol. The number of benzene rings is 1. The molecule has 28 heavy (non-hydrogen) atoms. The molecule has 0 bridgehead atoms. The first-order valence-corrected chi connectivity index (χ1v) is 10.3. The fourth-order valence-corrected chi connectivity index (χ4v) is 3.42. The molecule has 0 amide bonds. The molecule has 0 aliphatic carbocycles. The second-order valence-corrected chi connectivity index (χ2v) is 8.97. The minimum Gasteiger partial charge on any atom is -0.386 e. The van der Waals surface area contributed by atoms with E-state index >= 15 is 0 Å². The summed E-state index contributed by atoms with van der Waals surface area (Å²) in [5, 5.41) is 18.1. The van der Waals surface area contributed by atoms with Crippen LogP contribution in [0.3, 0.4) is 0 Å². The Bertz CT molecular complexity index is 738. The Hall–Kier alpha value is -1.19. The zero-order chi connectivity index (χ0) is 19.9. The fraction of sp³-hybridized carbons (Fsp3) is 0.524. The van der Waals surface area contributed by atoms with Crippen LogP contribution in [0.5, 0.6) is 0 Å². The van der Waals surface area contributed by atoms with Crippen molar-refractivity contribution in [1.82, 2.24) is 15.6 Å². The van der Waals surface area contributed by atoms with Crippen LogP contribution in [0.25, 0.3) is 0 Å². The second-order valence-electron chi connectivity index (χ2n) is 7.65. The maximum atomic E-state index is 10.5. The maximum Gasteiger partial charge on any atom is 0.191 e. The molecule has 0 radical (unpaired) electrons. The number of aliphatic hydroxyl groups excluding tert-OH is 1. The quantitative estimate of drug-likeness (QED) is 0.293. The summed E-state index contributed by atoms with van der Waals surface area (Å²) in [6, 6.07) is 8.15.